The fraction of sp³-hybridized carbons (Fsp3) is 0.227. The molecule has 4 rings (SSSR count). The van der Waals surface area contributed by atoms with Crippen molar-refractivity contribution < 1.29 is 18.7 Å². The molecule has 1 saturated heterocycles. The molecule has 3 aromatic rings. The van der Waals surface area contributed by atoms with Gasteiger partial charge < -0.3 is 19.4 Å². The maximum absolute atomic E-state index is 12.6. The third kappa shape index (κ3) is 4.63. The molecule has 2 aromatic heterocycles. The van der Waals surface area contributed by atoms with Crippen molar-refractivity contribution in [3.63, 3.8) is 0 Å². The molecule has 1 aromatic carbocycles. The van der Waals surface area contributed by atoms with Crippen molar-refractivity contribution in [3.05, 3.63) is 72.8 Å². The van der Waals surface area contributed by atoms with Crippen molar-refractivity contribution in [3.8, 4) is 11.6 Å². The molecule has 0 radical (unpaired) electrons. The summed E-state index contributed by atoms with van der Waals surface area (Å²) >= 11 is 0. The molecule has 1 aliphatic rings. The van der Waals surface area contributed by atoms with E-state index in [-0.39, 0.29) is 17.7 Å². The standard InChI is InChI=1S/C22H21N3O4/c26-21(16-8-11-25(12-9-16)22(27)17-10-13-28-15-17)24-18-6-7-20(23-14-18)29-19-4-2-1-3-5-19/h1-7,10,13-16H,8-9,11-12H2,(H,24,26). The first-order chi connectivity index (χ1) is 14.2. The minimum atomic E-state index is -0.136. The van der Waals surface area contributed by atoms with Crippen molar-refractivity contribution in [2.24, 2.45) is 5.92 Å². The first-order valence-electron chi connectivity index (χ1n) is 9.50. The van der Waals surface area contributed by atoms with Crippen LogP contribution in [-0.2, 0) is 4.79 Å². The van der Waals surface area contributed by atoms with Gasteiger partial charge in [-0.05, 0) is 37.1 Å². The van der Waals surface area contributed by atoms with Crippen molar-refractivity contribution in [1.29, 1.82) is 0 Å². The van der Waals surface area contributed by atoms with Crippen LogP contribution in [0.15, 0.2) is 71.7 Å². The topological polar surface area (TPSA) is 84.7 Å². The van der Waals surface area contributed by atoms with Crippen LogP contribution in [0, 0.1) is 5.92 Å². The molecule has 0 atom stereocenters. The molecule has 0 bridgehead atoms. The van der Waals surface area contributed by atoms with E-state index >= 15 is 0 Å². The van der Waals surface area contributed by atoms with E-state index in [1.165, 1.54) is 12.5 Å². The van der Waals surface area contributed by atoms with Gasteiger partial charge in [0.05, 0.1) is 23.7 Å². The van der Waals surface area contributed by atoms with Crippen LogP contribution in [0.1, 0.15) is 23.2 Å². The zero-order valence-corrected chi connectivity index (χ0v) is 15.8. The molecule has 148 valence electrons. The van der Waals surface area contributed by atoms with Gasteiger partial charge in [0.1, 0.15) is 12.0 Å². The van der Waals surface area contributed by atoms with E-state index in [2.05, 4.69) is 10.3 Å². The summed E-state index contributed by atoms with van der Waals surface area (Å²) in [6.45, 7) is 1.09. The Hall–Kier alpha value is -3.61. The van der Waals surface area contributed by atoms with Crippen molar-refractivity contribution in [2.75, 3.05) is 18.4 Å². The van der Waals surface area contributed by atoms with E-state index < -0.39 is 0 Å². The Bertz CT molecular complexity index is 947. The van der Waals surface area contributed by atoms with Crippen LogP contribution < -0.4 is 10.1 Å². The van der Waals surface area contributed by atoms with Crippen molar-refractivity contribution >= 4 is 17.5 Å². The van der Waals surface area contributed by atoms with Gasteiger partial charge in [0.15, 0.2) is 0 Å². The maximum atomic E-state index is 12.6. The molecule has 7 nitrogen and oxygen atoms in total. The lowest BCUT2D eigenvalue weighted by Crippen LogP contribution is -2.41. The van der Waals surface area contributed by atoms with Gasteiger partial charge in [0.25, 0.3) is 5.91 Å². The predicted molar refractivity (Wildman–Crippen MR) is 107 cm³/mol. The Labute approximate surface area is 168 Å². The van der Waals surface area contributed by atoms with Gasteiger partial charge in [-0.25, -0.2) is 4.98 Å². The van der Waals surface area contributed by atoms with Gasteiger partial charge in [0, 0.05) is 25.1 Å². The summed E-state index contributed by atoms with van der Waals surface area (Å²) in [5.41, 5.74) is 1.16. The quantitative estimate of drug-likeness (QED) is 0.712. The molecule has 7 heteroatoms. The van der Waals surface area contributed by atoms with Crippen LogP contribution in [0.5, 0.6) is 11.6 Å². The monoisotopic (exact) mass is 391 g/mol. The van der Waals surface area contributed by atoms with Gasteiger partial charge in [-0.2, -0.15) is 0 Å². The average molecular weight is 391 g/mol. The minimum Gasteiger partial charge on any atom is -0.472 e. The molecule has 0 saturated carbocycles. The number of nitrogens with one attached hydrogen (secondary N) is 1. The Morgan fingerprint density at radius 3 is 2.52 bits per heavy atom. The summed E-state index contributed by atoms with van der Waals surface area (Å²) in [5.74, 6) is 0.909. The van der Waals surface area contributed by atoms with Gasteiger partial charge in [-0.1, -0.05) is 18.2 Å². The van der Waals surface area contributed by atoms with E-state index in [0.29, 0.717) is 48.8 Å². The number of para-hydroxylation sites is 1. The van der Waals surface area contributed by atoms with Crippen LogP contribution in [0.25, 0.3) is 0 Å². The van der Waals surface area contributed by atoms with Gasteiger partial charge >= 0.3 is 0 Å². The molecule has 0 spiro atoms. The number of ether oxygens (including phenoxy) is 1. The number of furan rings is 1. The second-order valence-corrected chi connectivity index (χ2v) is 6.87. The van der Waals surface area contributed by atoms with Crippen LogP contribution in [0.4, 0.5) is 5.69 Å². The van der Waals surface area contributed by atoms with E-state index in [0.717, 1.165) is 0 Å². The smallest absolute Gasteiger partial charge is 0.257 e. The number of hydrogen-bond donors (Lipinski definition) is 1. The van der Waals surface area contributed by atoms with E-state index in [1.807, 2.05) is 30.3 Å². The largest absolute Gasteiger partial charge is 0.472 e. The number of hydrogen-bond acceptors (Lipinski definition) is 5. The van der Waals surface area contributed by atoms with Crippen LogP contribution in [0.3, 0.4) is 0 Å². The van der Waals surface area contributed by atoms with Crippen LogP contribution in [-0.4, -0.2) is 34.8 Å². The third-order valence-electron chi connectivity index (χ3n) is 4.89. The molecule has 0 unspecified atom stereocenters. The Morgan fingerprint density at radius 2 is 1.86 bits per heavy atom. The normalized spacial score (nSPS) is 14.4. The molecule has 3 heterocycles. The van der Waals surface area contributed by atoms with Crippen molar-refractivity contribution in [2.45, 2.75) is 12.8 Å². The van der Waals surface area contributed by atoms with Crippen molar-refractivity contribution in [1.82, 2.24) is 9.88 Å². The highest BCUT2D eigenvalue weighted by molar-refractivity contribution is 5.95. The molecular weight excluding hydrogens is 370 g/mol. The van der Waals surface area contributed by atoms with Gasteiger partial charge in [-0.3, -0.25) is 9.59 Å². The number of amides is 2. The zero-order chi connectivity index (χ0) is 20.1. The van der Waals surface area contributed by atoms with Gasteiger partial charge in [-0.15, -0.1) is 0 Å². The highest BCUT2D eigenvalue weighted by Gasteiger charge is 2.28. The lowest BCUT2D eigenvalue weighted by molar-refractivity contribution is -0.121. The number of anilines is 1. The summed E-state index contributed by atoms with van der Waals surface area (Å²) in [4.78, 5) is 30.9. The first kappa shape index (κ1) is 18.7. The second-order valence-electron chi connectivity index (χ2n) is 6.87. The number of carbonyl (C=O) groups excluding carboxylic acids is 2. The number of benzene rings is 1. The number of piperidine rings is 1. The molecule has 0 aliphatic carbocycles. The summed E-state index contributed by atoms with van der Waals surface area (Å²) < 4.78 is 10.6. The molecule has 1 aliphatic heterocycles. The second kappa shape index (κ2) is 8.60. The zero-order valence-electron chi connectivity index (χ0n) is 15.8. The van der Waals surface area contributed by atoms with Crippen LogP contribution >= 0.6 is 0 Å². The van der Waals surface area contributed by atoms with E-state index in [4.69, 9.17) is 9.15 Å². The summed E-state index contributed by atoms with van der Waals surface area (Å²) in [6.07, 6.45) is 5.75. The fourth-order valence-corrected chi connectivity index (χ4v) is 3.28. The lowest BCUT2D eigenvalue weighted by Gasteiger charge is -2.31. The number of likely N-dealkylation sites (tertiary alicyclic amines) is 1. The summed E-state index contributed by atoms with van der Waals surface area (Å²) in [5, 5.41) is 2.90. The summed E-state index contributed by atoms with van der Waals surface area (Å²) in [7, 11) is 0. The molecule has 29 heavy (non-hydrogen) atoms. The molecule has 1 N–H and O–H groups in total. The Kier molecular flexibility index (Phi) is 5.56. The number of rotatable bonds is 5. The summed E-state index contributed by atoms with van der Waals surface area (Å²) in [6, 6.07) is 14.5. The molecule has 1 fully saturated rings. The predicted octanol–water partition coefficient (Wildman–Crippen LogP) is 3.96. The number of nitrogens with zero attached hydrogens (tertiary/aromatic N) is 2. The maximum Gasteiger partial charge on any atom is 0.257 e. The lowest BCUT2D eigenvalue weighted by atomic mass is 9.95. The van der Waals surface area contributed by atoms with E-state index in [1.54, 1.807) is 29.3 Å². The SMILES string of the molecule is O=C(Nc1ccc(Oc2ccccc2)nc1)C1CCN(C(=O)c2ccoc2)CC1. The molecular formula is C22H21N3O4. The number of carbonyl (C=O) groups is 2. The van der Waals surface area contributed by atoms with Crippen LogP contribution in [0.2, 0.25) is 0 Å². The Morgan fingerprint density at radius 1 is 1.07 bits per heavy atom. The third-order valence-corrected chi connectivity index (χ3v) is 4.89. The van der Waals surface area contributed by atoms with Gasteiger partial charge in [0.2, 0.25) is 11.8 Å². The number of aromatic nitrogens is 1. The minimum absolute atomic E-state index is 0.0565. The fourth-order valence-electron chi connectivity index (χ4n) is 3.28. The average Bonchev–Trinajstić information content (AvgIpc) is 3.30. The first-order valence-corrected chi connectivity index (χ1v) is 9.50. The number of pyridine rings is 1. The Balaban J connectivity index is 1.28. The molecule has 2 amide bonds. The highest BCUT2D eigenvalue weighted by atomic mass is 16.5. The van der Waals surface area contributed by atoms with E-state index in [9.17, 15) is 9.59 Å². The highest BCUT2D eigenvalue weighted by Crippen LogP contribution is 2.23.